The number of hydrogen-bond acceptors (Lipinski definition) is 6. The molecule has 0 bridgehead atoms. The lowest BCUT2D eigenvalue weighted by molar-refractivity contribution is 0.0780. The fraction of sp³-hybridized carbons (Fsp3) is 0.444. The summed E-state index contributed by atoms with van der Waals surface area (Å²) < 4.78 is 1.95. The fourth-order valence-corrected chi connectivity index (χ4v) is 5.99. The van der Waals surface area contributed by atoms with Crippen LogP contribution in [0.15, 0.2) is 24.1 Å². The van der Waals surface area contributed by atoms with Gasteiger partial charge in [-0.1, -0.05) is 11.3 Å². The van der Waals surface area contributed by atoms with Crippen molar-refractivity contribution in [2.45, 2.75) is 25.8 Å². The number of carbonyl (C=O) groups excluding carboxylic acids is 2. The number of likely N-dealkylation sites (tertiary alicyclic amines) is 1. The van der Waals surface area contributed by atoms with E-state index in [4.69, 9.17) is 0 Å². The van der Waals surface area contributed by atoms with Gasteiger partial charge < -0.3 is 10.2 Å². The third-order valence-corrected chi connectivity index (χ3v) is 7.64. The highest BCUT2D eigenvalue weighted by Crippen LogP contribution is 2.39. The summed E-state index contributed by atoms with van der Waals surface area (Å²) in [6.45, 7) is 3.51. The van der Waals surface area contributed by atoms with E-state index in [1.165, 1.54) is 22.7 Å². The number of aryl methyl sites for hydroxylation is 1. The van der Waals surface area contributed by atoms with Gasteiger partial charge in [0, 0.05) is 37.2 Å². The van der Waals surface area contributed by atoms with Gasteiger partial charge in [0.1, 0.15) is 9.75 Å². The van der Waals surface area contributed by atoms with Gasteiger partial charge in [-0.05, 0) is 31.6 Å². The Morgan fingerprint density at radius 1 is 1.26 bits per heavy atom. The van der Waals surface area contributed by atoms with E-state index in [9.17, 15) is 9.59 Å². The van der Waals surface area contributed by atoms with E-state index in [-0.39, 0.29) is 17.9 Å². The fourth-order valence-electron chi connectivity index (χ4n) is 4.42. The van der Waals surface area contributed by atoms with Crippen LogP contribution in [0, 0.1) is 18.8 Å². The van der Waals surface area contributed by atoms with Crippen LogP contribution in [0.1, 0.15) is 37.9 Å². The molecular formula is C18H19N5O2S2. The molecule has 1 saturated heterocycles. The number of amides is 2. The second kappa shape index (κ2) is 6.42. The highest BCUT2D eigenvalue weighted by Gasteiger charge is 2.43. The molecule has 2 aliphatic rings. The summed E-state index contributed by atoms with van der Waals surface area (Å²) >= 11 is 2.82. The second-order valence-corrected chi connectivity index (χ2v) is 9.20. The van der Waals surface area contributed by atoms with Gasteiger partial charge in [0.2, 0.25) is 0 Å². The van der Waals surface area contributed by atoms with Crippen LogP contribution in [-0.4, -0.2) is 50.2 Å². The van der Waals surface area contributed by atoms with E-state index in [1.807, 2.05) is 22.4 Å². The SMILES string of the molecule is Cc1c(C(=O)NC2CC3CN(C(=O)c4cncs4)CC3C2)sc2nccn12. The summed E-state index contributed by atoms with van der Waals surface area (Å²) in [6, 6.07) is 0.182. The van der Waals surface area contributed by atoms with E-state index in [0.717, 1.165) is 41.5 Å². The predicted octanol–water partition coefficient (Wildman–Crippen LogP) is 2.44. The smallest absolute Gasteiger partial charge is 0.265 e. The van der Waals surface area contributed by atoms with Crippen LogP contribution in [0.25, 0.3) is 4.96 Å². The lowest BCUT2D eigenvalue weighted by Crippen LogP contribution is -2.35. The molecule has 7 nitrogen and oxygen atoms in total. The van der Waals surface area contributed by atoms with Crippen LogP contribution in [-0.2, 0) is 0 Å². The molecular weight excluding hydrogens is 382 g/mol. The van der Waals surface area contributed by atoms with Gasteiger partial charge in [-0.25, -0.2) is 4.98 Å². The summed E-state index contributed by atoms with van der Waals surface area (Å²) in [5, 5.41) is 3.21. The first kappa shape index (κ1) is 16.9. The Balaban J connectivity index is 1.21. The average molecular weight is 402 g/mol. The molecule has 4 heterocycles. The molecule has 2 fully saturated rings. The van der Waals surface area contributed by atoms with Gasteiger partial charge in [0.05, 0.1) is 11.7 Å². The highest BCUT2D eigenvalue weighted by atomic mass is 32.1. The van der Waals surface area contributed by atoms with Crippen LogP contribution in [0.2, 0.25) is 0 Å². The molecule has 140 valence electrons. The van der Waals surface area contributed by atoms with Crippen LogP contribution < -0.4 is 5.32 Å². The first-order chi connectivity index (χ1) is 13.1. The maximum absolute atomic E-state index is 12.7. The van der Waals surface area contributed by atoms with Gasteiger partial charge in [-0.2, -0.15) is 0 Å². The molecule has 9 heteroatoms. The Labute approximate surface area is 164 Å². The molecule has 1 saturated carbocycles. The minimum absolute atomic E-state index is 0.00874. The number of hydrogen-bond donors (Lipinski definition) is 1. The van der Waals surface area contributed by atoms with Crippen molar-refractivity contribution in [3.63, 3.8) is 0 Å². The van der Waals surface area contributed by atoms with Crippen LogP contribution in [0.5, 0.6) is 0 Å². The molecule has 2 atom stereocenters. The highest BCUT2D eigenvalue weighted by molar-refractivity contribution is 7.19. The van der Waals surface area contributed by atoms with Crippen LogP contribution in [0.3, 0.4) is 0 Å². The van der Waals surface area contributed by atoms with Gasteiger partial charge in [0.15, 0.2) is 4.96 Å². The first-order valence-corrected chi connectivity index (χ1v) is 10.7. The quantitative estimate of drug-likeness (QED) is 0.731. The maximum Gasteiger partial charge on any atom is 0.265 e. The normalized spacial score (nSPS) is 24.5. The molecule has 1 aliphatic carbocycles. The molecule has 0 spiro atoms. The number of imidazole rings is 1. The Morgan fingerprint density at radius 3 is 2.70 bits per heavy atom. The number of carbonyl (C=O) groups is 2. The number of thiazole rings is 2. The van der Waals surface area contributed by atoms with Gasteiger partial charge in [-0.15, -0.1) is 11.3 Å². The van der Waals surface area contributed by atoms with E-state index in [0.29, 0.717) is 16.7 Å². The summed E-state index contributed by atoms with van der Waals surface area (Å²) in [5.41, 5.74) is 2.63. The average Bonchev–Trinajstić information content (AvgIpc) is 3.42. The van der Waals surface area contributed by atoms with Crippen molar-refractivity contribution in [1.29, 1.82) is 0 Å². The largest absolute Gasteiger partial charge is 0.349 e. The minimum Gasteiger partial charge on any atom is -0.349 e. The summed E-state index contributed by atoms with van der Waals surface area (Å²) in [4.78, 5) is 37.7. The van der Waals surface area contributed by atoms with Crippen molar-refractivity contribution >= 4 is 39.4 Å². The number of nitrogens with zero attached hydrogens (tertiary/aromatic N) is 4. The zero-order chi connectivity index (χ0) is 18.5. The lowest BCUT2D eigenvalue weighted by atomic mass is 10.0. The third kappa shape index (κ3) is 2.85. The Morgan fingerprint density at radius 2 is 2.04 bits per heavy atom. The van der Waals surface area contributed by atoms with E-state index in [1.54, 1.807) is 17.9 Å². The van der Waals surface area contributed by atoms with E-state index >= 15 is 0 Å². The molecule has 2 unspecified atom stereocenters. The molecule has 0 radical (unpaired) electrons. The number of rotatable bonds is 3. The Kier molecular flexibility index (Phi) is 4.01. The zero-order valence-corrected chi connectivity index (χ0v) is 16.4. The van der Waals surface area contributed by atoms with Gasteiger partial charge in [0.25, 0.3) is 11.8 Å². The van der Waals surface area contributed by atoms with Gasteiger partial charge in [-0.3, -0.25) is 19.0 Å². The molecule has 27 heavy (non-hydrogen) atoms. The Bertz CT molecular complexity index is 994. The lowest BCUT2D eigenvalue weighted by Gasteiger charge is -2.19. The standard InChI is InChI=1S/C18H19N5O2S2/c1-10-15(27-18-20-2-3-23(10)18)16(24)21-13-4-11-7-22(8-12(11)5-13)17(25)14-6-19-9-26-14/h2-3,6,9,11-13H,4-5,7-8H2,1H3,(H,21,24). The summed E-state index contributed by atoms with van der Waals surface area (Å²) in [5.74, 6) is 1.01. The molecule has 1 N–H and O–H groups in total. The third-order valence-electron chi connectivity index (χ3n) is 5.71. The molecule has 1 aliphatic heterocycles. The van der Waals surface area contributed by atoms with Crippen molar-refractivity contribution in [1.82, 2.24) is 24.6 Å². The molecule has 3 aromatic rings. The van der Waals surface area contributed by atoms with Crippen molar-refractivity contribution in [2.24, 2.45) is 11.8 Å². The van der Waals surface area contributed by atoms with Crippen molar-refractivity contribution < 1.29 is 9.59 Å². The van der Waals surface area contributed by atoms with Crippen molar-refractivity contribution in [3.8, 4) is 0 Å². The second-order valence-electron chi connectivity index (χ2n) is 7.33. The molecule has 3 aromatic heterocycles. The number of fused-ring (bicyclic) bond motifs is 2. The summed E-state index contributed by atoms with van der Waals surface area (Å²) in [7, 11) is 0. The molecule has 2 amide bonds. The topological polar surface area (TPSA) is 79.6 Å². The molecule has 0 aromatic carbocycles. The Hall–Kier alpha value is -2.26. The van der Waals surface area contributed by atoms with E-state index < -0.39 is 0 Å². The maximum atomic E-state index is 12.7. The first-order valence-electron chi connectivity index (χ1n) is 9.01. The minimum atomic E-state index is -0.00874. The zero-order valence-electron chi connectivity index (χ0n) is 14.8. The van der Waals surface area contributed by atoms with Crippen LogP contribution >= 0.6 is 22.7 Å². The summed E-state index contributed by atoms with van der Waals surface area (Å²) in [6.07, 6.45) is 7.14. The number of aromatic nitrogens is 3. The van der Waals surface area contributed by atoms with Crippen molar-refractivity contribution in [3.05, 3.63) is 39.5 Å². The van der Waals surface area contributed by atoms with E-state index in [2.05, 4.69) is 15.3 Å². The molecule has 5 rings (SSSR count). The van der Waals surface area contributed by atoms with Crippen molar-refractivity contribution in [2.75, 3.05) is 13.1 Å². The number of nitrogens with one attached hydrogen (secondary N) is 1. The van der Waals surface area contributed by atoms with Gasteiger partial charge >= 0.3 is 0 Å². The predicted molar refractivity (Wildman–Crippen MR) is 103 cm³/mol. The van der Waals surface area contributed by atoms with Crippen LogP contribution in [0.4, 0.5) is 0 Å². The monoisotopic (exact) mass is 401 g/mol.